The number of nitrogens with two attached hydrogens (primary N) is 1. The van der Waals surface area contributed by atoms with E-state index in [4.69, 9.17) is 5.73 Å². The number of hydrogen-bond donors (Lipinski definition) is 6. The van der Waals surface area contributed by atoms with Crippen LogP contribution in [0.3, 0.4) is 0 Å². The molecule has 7 N–H and O–H groups in total. The normalized spacial score (nSPS) is 23.0. The Hall–Kier alpha value is -4.45. The maximum atomic E-state index is 13.6. The summed E-state index contributed by atoms with van der Waals surface area (Å²) in [6, 6.07) is 12.0. The Labute approximate surface area is 244 Å². The highest BCUT2D eigenvalue weighted by Gasteiger charge is 2.38. The van der Waals surface area contributed by atoms with Crippen LogP contribution in [-0.4, -0.2) is 83.3 Å². The summed E-state index contributed by atoms with van der Waals surface area (Å²) in [6.45, 7) is 0.248. The molecule has 0 aliphatic carbocycles. The molecule has 42 heavy (non-hydrogen) atoms. The number of amides is 5. The maximum absolute atomic E-state index is 13.6. The fraction of sp³-hybridized carbons (Fsp3) is 0.433. The van der Waals surface area contributed by atoms with Gasteiger partial charge in [-0.25, -0.2) is 0 Å². The first-order valence-corrected chi connectivity index (χ1v) is 14.2. The SMILES string of the molecule is N[C@@H](Cc1ccc(O)cc1)C(=O)N[C@@H]1CCCNC(=O)[C@@H]2CCCN2C(=O)[C@H](Cc2ccccc2)NC(=O)CNC1=O. The van der Waals surface area contributed by atoms with Crippen molar-refractivity contribution in [1.29, 1.82) is 0 Å². The lowest BCUT2D eigenvalue weighted by Crippen LogP contribution is -2.56. The number of hydrogen-bond acceptors (Lipinski definition) is 7. The molecule has 5 amide bonds. The van der Waals surface area contributed by atoms with Gasteiger partial charge in [0.05, 0.1) is 12.6 Å². The molecule has 0 bridgehead atoms. The first-order chi connectivity index (χ1) is 20.2. The van der Waals surface area contributed by atoms with E-state index in [1.165, 1.54) is 17.0 Å². The molecule has 4 atom stereocenters. The molecule has 2 aliphatic rings. The maximum Gasteiger partial charge on any atom is 0.246 e. The zero-order valence-corrected chi connectivity index (χ0v) is 23.4. The van der Waals surface area contributed by atoms with Crippen LogP contribution in [0.25, 0.3) is 0 Å². The Morgan fingerprint density at radius 1 is 0.952 bits per heavy atom. The quantitative estimate of drug-likeness (QED) is 0.267. The van der Waals surface area contributed by atoms with Crippen LogP contribution in [0.4, 0.5) is 0 Å². The predicted octanol–water partition coefficient (Wildman–Crippen LogP) is -0.508. The van der Waals surface area contributed by atoms with E-state index in [2.05, 4.69) is 21.3 Å². The van der Waals surface area contributed by atoms with Crippen molar-refractivity contribution in [2.24, 2.45) is 5.73 Å². The molecule has 0 aromatic heterocycles. The van der Waals surface area contributed by atoms with Gasteiger partial charge in [0.2, 0.25) is 29.5 Å². The second kappa shape index (κ2) is 14.4. The molecule has 2 aliphatic heterocycles. The minimum atomic E-state index is -0.997. The summed E-state index contributed by atoms with van der Waals surface area (Å²) >= 11 is 0. The number of carbonyl (C=O) groups excluding carboxylic acids is 5. The van der Waals surface area contributed by atoms with Gasteiger partial charge in [0.15, 0.2) is 0 Å². The summed E-state index contributed by atoms with van der Waals surface area (Å²) in [6.07, 6.45) is 2.15. The van der Waals surface area contributed by atoms with Crippen molar-refractivity contribution in [2.75, 3.05) is 19.6 Å². The Morgan fingerprint density at radius 3 is 2.43 bits per heavy atom. The molecule has 12 heteroatoms. The number of benzene rings is 2. The van der Waals surface area contributed by atoms with Gasteiger partial charge in [-0.3, -0.25) is 24.0 Å². The van der Waals surface area contributed by atoms with Crippen molar-refractivity contribution in [3.63, 3.8) is 0 Å². The van der Waals surface area contributed by atoms with Crippen molar-refractivity contribution >= 4 is 29.5 Å². The van der Waals surface area contributed by atoms with E-state index in [9.17, 15) is 29.1 Å². The van der Waals surface area contributed by atoms with Gasteiger partial charge in [-0.2, -0.15) is 0 Å². The van der Waals surface area contributed by atoms with E-state index in [0.29, 0.717) is 25.8 Å². The molecule has 0 unspecified atom stereocenters. The van der Waals surface area contributed by atoms with E-state index in [1.54, 1.807) is 12.1 Å². The Morgan fingerprint density at radius 2 is 1.69 bits per heavy atom. The number of nitrogens with one attached hydrogen (secondary N) is 4. The number of aromatic hydroxyl groups is 1. The highest BCUT2D eigenvalue weighted by molar-refractivity contribution is 5.95. The summed E-state index contributed by atoms with van der Waals surface area (Å²) in [5, 5.41) is 20.3. The van der Waals surface area contributed by atoms with Crippen LogP contribution < -0.4 is 27.0 Å². The van der Waals surface area contributed by atoms with E-state index < -0.39 is 48.4 Å². The summed E-state index contributed by atoms with van der Waals surface area (Å²) < 4.78 is 0. The van der Waals surface area contributed by atoms with E-state index >= 15 is 0 Å². The highest BCUT2D eigenvalue weighted by Crippen LogP contribution is 2.20. The number of nitrogens with zero attached hydrogens (tertiary/aromatic N) is 1. The van der Waals surface area contributed by atoms with Gasteiger partial charge in [0.1, 0.15) is 23.9 Å². The molecule has 2 saturated heterocycles. The van der Waals surface area contributed by atoms with Crippen LogP contribution in [0.5, 0.6) is 5.75 Å². The number of carbonyl (C=O) groups is 5. The van der Waals surface area contributed by atoms with Crippen molar-refractivity contribution in [3.8, 4) is 5.75 Å². The topological polar surface area (TPSA) is 183 Å². The van der Waals surface area contributed by atoms with Gasteiger partial charge >= 0.3 is 0 Å². The van der Waals surface area contributed by atoms with Crippen LogP contribution >= 0.6 is 0 Å². The Balaban J connectivity index is 1.46. The predicted molar refractivity (Wildman–Crippen MR) is 154 cm³/mol. The van der Waals surface area contributed by atoms with E-state index in [-0.39, 0.29) is 43.4 Å². The van der Waals surface area contributed by atoms with Crippen LogP contribution in [0.15, 0.2) is 54.6 Å². The van der Waals surface area contributed by atoms with Gasteiger partial charge in [-0.05, 0) is 55.4 Å². The largest absolute Gasteiger partial charge is 0.508 e. The summed E-state index contributed by atoms with van der Waals surface area (Å²) in [5.41, 5.74) is 7.67. The lowest BCUT2D eigenvalue weighted by Gasteiger charge is -2.29. The second-order valence-electron chi connectivity index (χ2n) is 10.7. The summed E-state index contributed by atoms with van der Waals surface area (Å²) in [4.78, 5) is 67.0. The monoisotopic (exact) mass is 578 g/mol. The van der Waals surface area contributed by atoms with Gasteiger partial charge in [-0.1, -0.05) is 42.5 Å². The third-order valence-corrected chi connectivity index (χ3v) is 7.51. The van der Waals surface area contributed by atoms with Crippen molar-refractivity contribution in [2.45, 2.75) is 62.7 Å². The Bertz CT molecular complexity index is 1270. The lowest BCUT2D eigenvalue weighted by molar-refractivity contribution is -0.141. The van der Waals surface area contributed by atoms with Crippen molar-refractivity contribution < 1.29 is 29.1 Å². The van der Waals surface area contributed by atoms with Gasteiger partial charge in [-0.15, -0.1) is 0 Å². The molecule has 2 aromatic rings. The molecule has 4 rings (SSSR count). The van der Waals surface area contributed by atoms with Crippen LogP contribution in [0.2, 0.25) is 0 Å². The zero-order chi connectivity index (χ0) is 30.1. The first kappa shape index (κ1) is 30.5. The molecule has 12 nitrogen and oxygen atoms in total. The minimum absolute atomic E-state index is 0.0939. The smallest absolute Gasteiger partial charge is 0.246 e. The fourth-order valence-electron chi connectivity index (χ4n) is 5.25. The van der Waals surface area contributed by atoms with E-state index in [1.807, 2.05) is 30.3 Å². The van der Waals surface area contributed by atoms with Crippen molar-refractivity contribution in [1.82, 2.24) is 26.2 Å². The lowest BCUT2D eigenvalue weighted by atomic mass is 10.0. The first-order valence-electron chi connectivity index (χ1n) is 14.2. The van der Waals surface area contributed by atoms with E-state index in [0.717, 1.165) is 11.1 Å². The van der Waals surface area contributed by atoms with Gasteiger partial charge in [0.25, 0.3) is 0 Å². The zero-order valence-electron chi connectivity index (χ0n) is 23.4. The minimum Gasteiger partial charge on any atom is -0.508 e. The molecule has 2 fully saturated rings. The third kappa shape index (κ3) is 8.29. The fourth-order valence-corrected chi connectivity index (χ4v) is 5.25. The molecular weight excluding hydrogens is 540 g/mol. The van der Waals surface area contributed by atoms with Gasteiger partial charge in [0, 0.05) is 19.5 Å². The molecular formula is C30H38N6O6. The second-order valence-corrected chi connectivity index (χ2v) is 10.7. The van der Waals surface area contributed by atoms with Crippen LogP contribution in [0.1, 0.15) is 36.8 Å². The molecule has 0 saturated carbocycles. The van der Waals surface area contributed by atoms with Gasteiger partial charge < -0.3 is 37.0 Å². The average Bonchev–Trinajstić information content (AvgIpc) is 3.48. The number of rotatable bonds is 6. The number of phenols is 1. The molecule has 224 valence electrons. The summed E-state index contributed by atoms with van der Waals surface area (Å²) in [5.74, 6) is -2.24. The number of fused-ring (bicyclic) bond motifs is 1. The average molecular weight is 579 g/mol. The highest BCUT2D eigenvalue weighted by atomic mass is 16.3. The van der Waals surface area contributed by atoms with Crippen LogP contribution in [0, 0.1) is 0 Å². The summed E-state index contributed by atoms with van der Waals surface area (Å²) in [7, 11) is 0. The van der Waals surface area contributed by atoms with Crippen molar-refractivity contribution in [3.05, 3.63) is 65.7 Å². The Kier molecular flexibility index (Phi) is 10.5. The molecule has 0 radical (unpaired) electrons. The molecule has 2 heterocycles. The third-order valence-electron chi connectivity index (χ3n) is 7.51. The molecule has 0 spiro atoms. The van der Waals surface area contributed by atoms with Crippen LogP contribution in [-0.2, 0) is 36.8 Å². The molecule has 2 aromatic carbocycles. The number of phenolic OH excluding ortho intramolecular Hbond substituents is 1. The standard InChI is InChI=1S/C30H38N6O6/c31-22(16-20-10-12-21(37)13-11-20)27(39)35-23-8-4-14-32-29(41)25-9-5-15-36(25)30(42)24(17-19-6-2-1-3-7-19)34-26(38)18-33-28(23)40/h1-3,6-7,10-13,22-25,37H,4-5,8-9,14-18,31H2,(H,32,41)(H,33,40)(H,34,38)(H,35,39)/t22-,23+,24-,25-/m0/s1.